The maximum Gasteiger partial charge on any atom is 0.129 e. The second-order valence-corrected chi connectivity index (χ2v) is 6.11. The summed E-state index contributed by atoms with van der Waals surface area (Å²) in [5.41, 5.74) is 3.77. The molecule has 2 aromatic carbocycles. The van der Waals surface area contributed by atoms with Crippen molar-refractivity contribution in [1.29, 1.82) is 0 Å². The molecule has 2 rings (SSSR count). The van der Waals surface area contributed by atoms with Gasteiger partial charge in [-0.2, -0.15) is 0 Å². The van der Waals surface area contributed by atoms with E-state index in [1.807, 2.05) is 38.1 Å². The summed E-state index contributed by atoms with van der Waals surface area (Å²) in [5.74, 6) is -0.102. The van der Waals surface area contributed by atoms with Crippen LogP contribution < -0.4 is 5.32 Å². The van der Waals surface area contributed by atoms with E-state index in [9.17, 15) is 4.39 Å². The highest BCUT2D eigenvalue weighted by atomic mass is 79.9. The molecule has 0 bridgehead atoms. The fraction of sp³-hybridized carbons (Fsp3) is 0.294. The van der Waals surface area contributed by atoms with E-state index in [1.165, 1.54) is 5.56 Å². The van der Waals surface area contributed by atoms with E-state index in [4.69, 9.17) is 0 Å². The van der Waals surface area contributed by atoms with Crippen LogP contribution in [0.1, 0.15) is 35.2 Å². The van der Waals surface area contributed by atoms with Crippen LogP contribution in [0.25, 0.3) is 0 Å². The van der Waals surface area contributed by atoms with Gasteiger partial charge in [-0.3, -0.25) is 0 Å². The van der Waals surface area contributed by atoms with Crippen LogP contribution in [0.2, 0.25) is 0 Å². The molecule has 0 heterocycles. The summed E-state index contributed by atoms with van der Waals surface area (Å²) in [7, 11) is 0. The quantitative estimate of drug-likeness (QED) is 0.823. The van der Waals surface area contributed by atoms with Crippen molar-refractivity contribution in [2.45, 2.75) is 33.4 Å². The highest BCUT2D eigenvalue weighted by Crippen LogP contribution is 2.18. The van der Waals surface area contributed by atoms with Gasteiger partial charge in [0.15, 0.2) is 0 Å². The van der Waals surface area contributed by atoms with Gasteiger partial charge in [-0.25, -0.2) is 4.39 Å². The first-order chi connectivity index (χ1) is 9.47. The number of rotatable bonds is 4. The molecular weight excluding hydrogens is 317 g/mol. The van der Waals surface area contributed by atoms with Crippen molar-refractivity contribution in [3.05, 3.63) is 68.9 Å². The lowest BCUT2D eigenvalue weighted by molar-refractivity contribution is 0.570. The molecule has 0 aliphatic carbocycles. The van der Waals surface area contributed by atoms with Gasteiger partial charge in [0.05, 0.1) is 0 Å². The minimum atomic E-state index is -0.102. The largest absolute Gasteiger partial charge is 0.306 e. The third kappa shape index (κ3) is 3.68. The molecule has 0 saturated carbocycles. The standard InChI is InChI=1S/C17H19BrFN/c1-11-8-14(9-12(2)17(11)19)10-20-13(3)15-4-6-16(18)7-5-15/h4-9,13,20H,10H2,1-3H3. The Morgan fingerprint density at radius 2 is 1.65 bits per heavy atom. The first-order valence-corrected chi connectivity index (χ1v) is 7.51. The normalized spacial score (nSPS) is 12.4. The molecule has 0 aliphatic rings. The summed E-state index contributed by atoms with van der Waals surface area (Å²) in [4.78, 5) is 0. The van der Waals surface area contributed by atoms with Crippen LogP contribution in [0.15, 0.2) is 40.9 Å². The van der Waals surface area contributed by atoms with E-state index >= 15 is 0 Å². The van der Waals surface area contributed by atoms with Gasteiger partial charge in [0.1, 0.15) is 5.82 Å². The Morgan fingerprint density at radius 1 is 1.10 bits per heavy atom. The van der Waals surface area contributed by atoms with Crippen LogP contribution >= 0.6 is 15.9 Å². The van der Waals surface area contributed by atoms with Crippen molar-refractivity contribution in [3.8, 4) is 0 Å². The van der Waals surface area contributed by atoms with E-state index in [0.717, 1.165) is 16.6 Å². The maximum atomic E-state index is 13.6. The van der Waals surface area contributed by atoms with Gasteiger partial charge in [0, 0.05) is 17.1 Å². The van der Waals surface area contributed by atoms with Gasteiger partial charge in [-0.15, -0.1) is 0 Å². The first kappa shape index (κ1) is 15.2. The van der Waals surface area contributed by atoms with Crippen LogP contribution in [-0.2, 0) is 6.54 Å². The van der Waals surface area contributed by atoms with Gasteiger partial charge >= 0.3 is 0 Å². The van der Waals surface area contributed by atoms with Gasteiger partial charge in [-0.1, -0.05) is 40.2 Å². The topological polar surface area (TPSA) is 12.0 Å². The van der Waals surface area contributed by atoms with Crippen LogP contribution in [-0.4, -0.2) is 0 Å². The van der Waals surface area contributed by atoms with Gasteiger partial charge in [0.25, 0.3) is 0 Å². The minimum Gasteiger partial charge on any atom is -0.306 e. The number of benzene rings is 2. The van der Waals surface area contributed by atoms with Crippen molar-refractivity contribution in [1.82, 2.24) is 5.32 Å². The highest BCUT2D eigenvalue weighted by Gasteiger charge is 2.07. The smallest absolute Gasteiger partial charge is 0.129 e. The first-order valence-electron chi connectivity index (χ1n) is 6.72. The molecule has 0 saturated heterocycles. The molecule has 0 radical (unpaired) electrons. The van der Waals surface area contributed by atoms with Gasteiger partial charge in [0.2, 0.25) is 0 Å². The maximum absolute atomic E-state index is 13.6. The Bertz CT molecular complexity index is 569. The van der Waals surface area contributed by atoms with Crippen LogP contribution in [0.4, 0.5) is 4.39 Å². The summed E-state index contributed by atoms with van der Waals surface area (Å²) in [6.07, 6.45) is 0. The van der Waals surface area contributed by atoms with Gasteiger partial charge in [-0.05, 0) is 55.2 Å². The monoisotopic (exact) mass is 335 g/mol. The molecule has 20 heavy (non-hydrogen) atoms. The minimum absolute atomic E-state index is 0.102. The second-order valence-electron chi connectivity index (χ2n) is 5.20. The molecule has 0 aromatic heterocycles. The molecule has 1 nitrogen and oxygen atoms in total. The molecule has 3 heteroatoms. The number of hydrogen-bond donors (Lipinski definition) is 1. The fourth-order valence-corrected chi connectivity index (χ4v) is 2.54. The van der Waals surface area contributed by atoms with Crippen LogP contribution in [0.3, 0.4) is 0 Å². The summed E-state index contributed by atoms with van der Waals surface area (Å²) < 4.78 is 14.7. The SMILES string of the molecule is Cc1cc(CNC(C)c2ccc(Br)cc2)cc(C)c1F. The fourth-order valence-electron chi connectivity index (χ4n) is 2.28. The number of nitrogens with one attached hydrogen (secondary N) is 1. The van der Waals surface area contributed by atoms with E-state index in [-0.39, 0.29) is 11.9 Å². The number of hydrogen-bond acceptors (Lipinski definition) is 1. The predicted octanol–water partition coefficient (Wildman–Crippen LogP) is 5.06. The molecule has 0 aliphatic heterocycles. The Morgan fingerprint density at radius 3 is 2.20 bits per heavy atom. The predicted molar refractivity (Wildman–Crippen MR) is 85.3 cm³/mol. The Balaban J connectivity index is 2.03. The third-order valence-corrected chi connectivity index (χ3v) is 4.01. The van der Waals surface area contributed by atoms with E-state index in [1.54, 1.807) is 0 Å². The molecule has 0 fully saturated rings. The zero-order chi connectivity index (χ0) is 14.7. The summed E-state index contributed by atoms with van der Waals surface area (Å²) in [6, 6.07) is 12.4. The lowest BCUT2D eigenvalue weighted by Gasteiger charge is -2.15. The molecule has 106 valence electrons. The van der Waals surface area contributed by atoms with Crippen molar-refractivity contribution in [2.24, 2.45) is 0 Å². The summed E-state index contributed by atoms with van der Waals surface area (Å²) >= 11 is 3.44. The molecule has 0 amide bonds. The van der Waals surface area contributed by atoms with E-state index < -0.39 is 0 Å². The zero-order valence-corrected chi connectivity index (χ0v) is 13.6. The lowest BCUT2D eigenvalue weighted by Crippen LogP contribution is -2.18. The van der Waals surface area contributed by atoms with Crippen molar-refractivity contribution < 1.29 is 4.39 Å². The highest BCUT2D eigenvalue weighted by molar-refractivity contribution is 9.10. The molecular formula is C17H19BrFN. The summed E-state index contributed by atoms with van der Waals surface area (Å²) in [5, 5.41) is 3.47. The second kappa shape index (κ2) is 6.51. The summed E-state index contributed by atoms with van der Waals surface area (Å²) in [6.45, 7) is 6.49. The van der Waals surface area contributed by atoms with Crippen molar-refractivity contribution in [2.75, 3.05) is 0 Å². The Labute approximate surface area is 128 Å². The van der Waals surface area contributed by atoms with E-state index in [0.29, 0.717) is 11.1 Å². The number of aryl methyl sites for hydroxylation is 2. The van der Waals surface area contributed by atoms with Crippen molar-refractivity contribution >= 4 is 15.9 Å². The third-order valence-electron chi connectivity index (χ3n) is 3.48. The van der Waals surface area contributed by atoms with Crippen LogP contribution in [0, 0.1) is 19.7 Å². The lowest BCUT2D eigenvalue weighted by atomic mass is 10.1. The van der Waals surface area contributed by atoms with Crippen molar-refractivity contribution in [3.63, 3.8) is 0 Å². The molecule has 1 unspecified atom stereocenters. The van der Waals surface area contributed by atoms with Crippen LogP contribution in [0.5, 0.6) is 0 Å². The Kier molecular flexibility index (Phi) is 4.95. The van der Waals surface area contributed by atoms with Gasteiger partial charge < -0.3 is 5.32 Å². The number of halogens is 2. The molecule has 1 atom stereocenters. The Hall–Kier alpha value is -1.19. The molecule has 2 aromatic rings. The van der Waals surface area contributed by atoms with E-state index in [2.05, 4.69) is 40.3 Å². The molecule has 1 N–H and O–H groups in total. The average molecular weight is 336 g/mol. The zero-order valence-electron chi connectivity index (χ0n) is 12.0. The average Bonchev–Trinajstić information content (AvgIpc) is 2.42. The molecule has 0 spiro atoms.